The number of ether oxygens (including phenoxy) is 1. The quantitative estimate of drug-likeness (QED) is 0.340. The van der Waals surface area contributed by atoms with Gasteiger partial charge in [0.1, 0.15) is 11.6 Å². The monoisotopic (exact) mass is 451 g/mol. The fourth-order valence-electron chi connectivity index (χ4n) is 3.76. The maximum absolute atomic E-state index is 13.4. The van der Waals surface area contributed by atoms with E-state index in [0.29, 0.717) is 25.0 Å². The van der Waals surface area contributed by atoms with Crippen LogP contribution in [0.3, 0.4) is 0 Å². The van der Waals surface area contributed by atoms with Crippen LogP contribution in [-0.4, -0.2) is 29.2 Å². The third kappa shape index (κ3) is 5.69. The number of hydrogen-bond donors (Lipinski definition) is 1. The minimum atomic E-state index is -0.456. The summed E-state index contributed by atoms with van der Waals surface area (Å²) in [5.74, 6) is 2.06. The smallest absolute Gasteiger partial charge is 0.167 e. The van der Waals surface area contributed by atoms with Crippen molar-refractivity contribution in [3.8, 4) is 5.75 Å². The van der Waals surface area contributed by atoms with Crippen LogP contribution >= 0.6 is 11.8 Å². The number of nitrogens with zero attached hydrogens (tertiary/aromatic N) is 1. The fraction of sp³-hybridized carbons (Fsp3) is 0.269. The van der Waals surface area contributed by atoms with Gasteiger partial charge in [-0.15, -0.1) is 0 Å². The minimum absolute atomic E-state index is 0.229. The lowest BCUT2D eigenvalue weighted by atomic mass is 10.0. The molecule has 1 heterocycles. The first-order chi connectivity index (χ1) is 15.6. The van der Waals surface area contributed by atoms with Crippen molar-refractivity contribution in [1.82, 2.24) is 5.16 Å². The van der Waals surface area contributed by atoms with Crippen molar-refractivity contribution >= 4 is 22.7 Å². The van der Waals surface area contributed by atoms with E-state index in [9.17, 15) is 9.50 Å². The van der Waals surface area contributed by atoms with Gasteiger partial charge in [-0.05, 0) is 60.7 Å². The van der Waals surface area contributed by atoms with Crippen LogP contribution < -0.4 is 4.74 Å². The number of aryl methyl sites for hydroxylation is 2. The Morgan fingerprint density at radius 3 is 2.75 bits per heavy atom. The van der Waals surface area contributed by atoms with Crippen LogP contribution in [0.1, 0.15) is 22.4 Å². The zero-order valence-electron chi connectivity index (χ0n) is 18.0. The first-order valence-electron chi connectivity index (χ1n) is 10.6. The number of aliphatic hydroxyl groups is 1. The summed E-state index contributed by atoms with van der Waals surface area (Å²) >= 11 is 1.69. The standard InChI is InChI=1S/C26H26FNO3S/c1-30-25-8-3-2-6-20(25)16-32-17-22(29)14-19-10-12-26-23(15-19)24(28-31-26)11-9-18-5-4-7-21(27)13-18/h2-8,10,12-13,15,22,29H,9,11,14,16-17H2,1H3/t22-/m1/s1. The van der Waals surface area contributed by atoms with E-state index in [2.05, 4.69) is 5.16 Å². The maximum Gasteiger partial charge on any atom is 0.167 e. The first-order valence-corrected chi connectivity index (χ1v) is 11.8. The predicted molar refractivity (Wildman–Crippen MR) is 127 cm³/mol. The van der Waals surface area contributed by atoms with Gasteiger partial charge in [0.2, 0.25) is 0 Å². The molecule has 0 aliphatic carbocycles. The highest BCUT2D eigenvalue weighted by atomic mass is 32.2. The lowest BCUT2D eigenvalue weighted by Gasteiger charge is -2.12. The molecular weight excluding hydrogens is 425 g/mol. The molecule has 0 amide bonds. The van der Waals surface area contributed by atoms with Gasteiger partial charge in [-0.1, -0.05) is 41.6 Å². The van der Waals surface area contributed by atoms with Gasteiger partial charge in [0.25, 0.3) is 0 Å². The third-order valence-corrected chi connectivity index (χ3v) is 6.52. The molecule has 6 heteroatoms. The second-order valence-corrected chi connectivity index (χ2v) is 8.80. The average molecular weight is 452 g/mol. The lowest BCUT2D eigenvalue weighted by molar-refractivity contribution is 0.200. The highest BCUT2D eigenvalue weighted by Gasteiger charge is 2.12. The number of hydrogen-bond acceptors (Lipinski definition) is 5. The fourth-order valence-corrected chi connectivity index (χ4v) is 4.72. The molecule has 0 unspecified atom stereocenters. The van der Waals surface area contributed by atoms with Crippen LogP contribution in [0.4, 0.5) is 4.39 Å². The third-order valence-electron chi connectivity index (χ3n) is 5.38. The zero-order chi connectivity index (χ0) is 22.3. The summed E-state index contributed by atoms with van der Waals surface area (Å²) in [6.45, 7) is 0. The number of benzene rings is 3. The number of methoxy groups -OCH3 is 1. The van der Waals surface area contributed by atoms with E-state index in [4.69, 9.17) is 9.26 Å². The molecule has 0 saturated heterocycles. The van der Waals surface area contributed by atoms with Crippen molar-refractivity contribution in [3.05, 3.63) is 94.9 Å². The van der Waals surface area contributed by atoms with Crippen LogP contribution in [0.5, 0.6) is 5.75 Å². The number of para-hydroxylation sites is 1. The molecule has 1 atom stereocenters. The van der Waals surface area contributed by atoms with E-state index in [1.165, 1.54) is 6.07 Å². The number of halogens is 1. The lowest BCUT2D eigenvalue weighted by Crippen LogP contribution is -2.13. The molecule has 1 N–H and O–H groups in total. The average Bonchev–Trinajstić information content (AvgIpc) is 3.20. The summed E-state index contributed by atoms with van der Waals surface area (Å²) in [6.07, 6.45) is 1.45. The summed E-state index contributed by atoms with van der Waals surface area (Å²) in [4.78, 5) is 0. The van der Waals surface area contributed by atoms with Crippen LogP contribution in [0.15, 0.2) is 71.3 Å². The van der Waals surface area contributed by atoms with E-state index in [0.717, 1.165) is 44.9 Å². The Balaban J connectivity index is 1.35. The SMILES string of the molecule is COc1ccccc1CSC[C@H](O)Cc1ccc2onc(CCc3cccc(F)c3)c2c1. The van der Waals surface area contributed by atoms with E-state index < -0.39 is 6.10 Å². The van der Waals surface area contributed by atoms with Gasteiger partial charge in [0, 0.05) is 22.5 Å². The van der Waals surface area contributed by atoms with E-state index in [1.54, 1.807) is 31.0 Å². The van der Waals surface area contributed by atoms with Crippen molar-refractivity contribution in [2.24, 2.45) is 0 Å². The Morgan fingerprint density at radius 2 is 1.91 bits per heavy atom. The molecule has 3 aromatic carbocycles. The maximum atomic E-state index is 13.4. The number of rotatable bonds is 10. The summed E-state index contributed by atoms with van der Waals surface area (Å²) in [6, 6.07) is 20.5. The number of thioether (sulfide) groups is 1. The normalized spacial score (nSPS) is 12.2. The van der Waals surface area contributed by atoms with Crippen molar-refractivity contribution in [3.63, 3.8) is 0 Å². The molecule has 0 radical (unpaired) electrons. The minimum Gasteiger partial charge on any atom is -0.496 e. The van der Waals surface area contributed by atoms with Gasteiger partial charge in [-0.3, -0.25) is 0 Å². The molecule has 32 heavy (non-hydrogen) atoms. The molecule has 0 bridgehead atoms. The van der Waals surface area contributed by atoms with Crippen molar-refractivity contribution in [2.45, 2.75) is 31.1 Å². The Kier molecular flexibility index (Phi) is 7.45. The summed E-state index contributed by atoms with van der Waals surface area (Å²) in [7, 11) is 1.67. The van der Waals surface area contributed by atoms with Crippen molar-refractivity contribution in [1.29, 1.82) is 0 Å². The second-order valence-electron chi connectivity index (χ2n) is 7.77. The molecule has 4 rings (SSSR count). The van der Waals surface area contributed by atoms with Gasteiger partial charge in [0.05, 0.1) is 18.9 Å². The predicted octanol–water partition coefficient (Wildman–Crippen LogP) is 5.60. The summed E-state index contributed by atoms with van der Waals surface area (Å²) < 4.78 is 24.3. The summed E-state index contributed by atoms with van der Waals surface area (Å²) in [5, 5.41) is 15.7. The molecule has 0 spiro atoms. The largest absolute Gasteiger partial charge is 0.496 e. The Bertz CT molecular complexity index is 1180. The number of fused-ring (bicyclic) bond motifs is 1. The molecule has 4 aromatic rings. The molecule has 0 fully saturated rings. The number of aromatic nitrogens is 1. The van der Waals surface area contributed by atoms with Crippen LogP contribution in [0.25, 0.3) is 11.0 Å². The zero-order valence-corrected chi connectivity index (χ0v) is 18.8. The second kappa shape index (κ2) is 10.7. The summed E-state index contributed by atoms with van der Waals surface area (Å²) in [5.41, 5.74) is 4.67. The van der Waals surface area contributed by atoms with Crippen LogP contribution in [-0.2, 0) is 25.0 Å². The Labute approximate surface area is 191 Å². The topological polar surface area (TPSA) is 55.5 Å². The van der Waals surface area contributed by atoms with E-state index >= 15 is 0 Å². The van der Waals surface area contributed by atoms with Crippen LogP contribution in [0.2, 0.25) is 0 Å². The first kappa shape index (κ1) is 22.4. The number of aliphatic hydroxyl groups excluding tert-OH is 1. The van der Waals surface area contributed by atoms with Gasteiger partial charge < -0.3 is 14.4 Å². The molecule has 0 saturated carbocycles. The van der Waals surface area contributed by atoms with Crippen molar-refractivity contribution < 1.29 is 18.8 Å². The highest BCUT2D eigenvalue weighted by Crippen LogP contribution is 2.25. The molecule has 166 valence electrons. The highest BCUT2D eigenvalue weighted by molar-refractivity contribution is 7.98. The molecule has 0 aliphatic heterocycles. The van der Waals surface area contributed by atoms with Gasteiger partial charge >= 0.3 is 0 Å². The van der Waals surface area contributed by atoms with Crippen LogP contribution in [0, 0.1) is 5.82 Å². The van der Waals surface area contributed by atoms with Crippen molar-refractivity contribution in [2.75, 3.05) is 12.9 Å². The molecule has 4 nitrogen and oxygen atoms in total. The molecule has 0 aliphatic rings. The Morgan fingerprint density at radius 1 is 1.03 bits per heavy atom. The molecule has 1 aromatic heterocycles. The van der Waals surface area contributed by atoms with E-state index in [-0.39, 0.29) is 5.82 Å². The Hall–Kier alpha value is -2.83. The van der Waals surface area contributed by atoms with Gasteiger partial charge in [0.15, 0.2) is 5.58 Å². The van der Waals surface area contributed by atoms with Gasteiger partial charge in [-0.25, -0.2) is 4.39 Å². The van der Waals surface area contributed by atoms with Gasteiger partial charge in [-0.2, -0.15) is 11.8 Å². The van der Waals surface area contributed by atoms with E-state index in [1.807, 2.05) is 48.5 Å². The molecular formula is C26H26FNO3S.